The zero-order valence-corrected chi connectivity index (χ0v) is 11.0. The van der Waals surface area contributed by atoms with Gasteiger partial charge in [-0.2, -0.15) is 0 Å². The van der Waals surface area contributed by atoms with Crippen molar-refractivity contribution < 1.29 is 4.74 Å². The molecule has 0 bridgehead atoms. The van der Waals surface area contributed by atoms with Gasteiger partial charge in [-0.05, 0) is 37.1 Å². The molecule has 1 aromatic rings. The molecule has 0 saturated heterocycles. The van der Waals surface area contributed by atoms with Crippen molar-refractivity contribution >= 4 is 31.9 Å². The average molecular weight is 320 g/mol. The number of rotatable bonds is 4. The number of halogens is 2. The highest BCUT2D eigenvalue weighted by Gasteiger charge is 2.42. The summed E-state index contributed by atoms with van der Waals surface area (Å²) in [5, 5.41) is 1.05. The summed E-state index contributed by atoms with van der Waals surface area (Å²) in [5.41, 5.74) is 0.424. The number of benzene rings is 1. The highest BCUT2D eigenvalue weighted by atomic mass is 79.9. The van der Waals surface area contributed by atoms with Crippen molar-refractivity contribution in [2.45, 2.75) is 12.8 Å². The van der Waals surface area contributed by atoms with Crippen LogP contribution in [0.4, 0.5) is 0 Å². The van der Waals surface area contributed by atoms with Crippen molar-refractivity contribution in [3.8, 4) is 5.75 Å². The maximum atomic E-state index is 5.73. The summed E-state index contributed by atoms with van der Waals surface area (Å²) in [6.45, 7) is 0.833. The van der Waals surface area contributed by atoms with Gasteiger partial charge in [0.2, 0.25) is 0 Å². The van der Waals surface area contributed by atoms with Crippen LogP contribution < -0.4 is 4.74 Å². The van der Waals surface area contributed by atoms with Gasteiger partial charge in [0, 0.05) is 15.2 Å². The first-order valence-electron chi connectivity index (χ1n) is 4.68. The van der Waals surface area contributed by atoms with Gasteiger partial charge in [-0.25, -0.2) is 0 Å². The van der Waals surface area contributed by atoms with Gasteiger partial charge < -0.3 is 4.74 Å². The van der Waals surface area contributed by atoms with Gasteiger partial charge in [-0.1, -0.05) is 31.9 Å². The Kier molecular flexibility index (Phi) is 3.17. The van der Waals surface area contributed by atoms with Crippen LogP contribution in [0.15, 0.2) is 28.7 Å². The van der Waals surface area contributed by atoms with Crippen molar-refractivity contribution in [2.75, 3.05) is 11.9 Å². The molecule has 0 heterocycles. The van der Waals surface area contributed by atoms with Crippen molar-refractivity contribution in [1.29, 1.82) is 0 Å². The summed E-state index contributed by atoms with van der Waals surface area (Å²) in [6.07, 6.45) is 2.57. The molecule has 1 aliphatic rings. The molecule has 1 aromatic carbocycles. The summed E-state index contributed by atoms with van der Waals surface area (Å²) in [5.74, 6) is 0.959. The number of alkyl halides is 1. The fraction of sp³-hybridized carbons (Fsp3) is 0.455. The van der Waals surface area contributed by atoms with E-state index in [9.17, 15) is 0 Å². The Morgan fingerprint density at radius 3 is 2.36 bits per heavy atom. The van der Waals surface area contributed by atoms with Crippen LogP contribution in [0.25, 0.3) is 0 Å². The van der Waals surface area contributed by atoms with E-state index in [1.54, 1.807) is 0 Å². The summed E-state index contributed by atoms with van der Waals surface area (Å²) < 4.78 is 6.82. The van der Waals surface area contributed by atoms with Gasteiger partial charge in [-0.3, -0.25) is 0 Å². The van der Waals surface area contributed by atoms with Crippen molar-refractivity contribution in [2.24, 2.45) is 5.41 Å². The minimum absolute atomic E-state index is 0.424. The lowest BCUT2D eigenvalue weighted by molar-refractivity contribution is 0.251. The second-order valence-corrected chi connectivity index (χ2v) is 5.35. The normalized spacial score (nSPS) is 17.9. The maximum absolute atomic E-state index is 5.73. The Morgan fingerprint density at radius 1 is 1.21 bits per heavy atom. The van der Waals surface area contributed by atoms with Gasteiger partial charge in [0.1, 0.15) is 5.75 Å². The predicted molar refractivity (Wildman–Crippen MR) is 65.1 cm³/mol. The summed E-state index contributed by atoms with van der Waals surface area (Å²) in [7, 11) is 0. The van der Waals surface area contributed by atoms with E-state index in [1.807, 2.05) is 24.3 Å². The smallest absolute Gasteiger partial charge is 0.119 e. The zero-order chi connectivity index (χ0) is 10.0. The van der Waals surface area contributed by atoms with Crippen LogP contribution in [-0.2, 0) is 0 Å². The molecule has 0 spiro atoms. The Bertz CT molecular complexity index is 304. The van der Waals surface area contributed by atoms with E-state index in [-0.39, 0.29) is 0 Å². The van der Waals surface area contributed by atoms with E-state index in [1.165, 1.54) is 12.8 Å². The quantitative estimate of drug-likeness (QED) is 0.762. The third-order valence-corrected chi connectivity index (χ3v) is 4.32. The fourth-order valence-corrected chi connectivity index (χ4v) is 2.25. The number of hydrogen-bond donors (Lipinski definition) is 0. The number of ether oxygens (including phenoxy) is 1. The molecule has 0 N–H and O–H groups in total. The molecule has 1 saturated carbocycles. The first kappa shape index (κ1) is 10.5. The minimum atomic E-state index is 0.424. The molecular formula is C11H12Br2O. The SMILES string of the molecule is BrCC1(COc2ccc(Br)cc2)CC1. The van der Waals surface area contributed by atoms with Crippen LogP contribution >= 0.6 is 31.9 Å². The van der Waals surface area contributed by atoms with Gasteiger partial charge in [0.05, 0.1) is 6.61 Å². The van der Waals surface area contributed by atoms with E-state index in [2.05, 4.69) is 31.9 Å². The lowest BCUT2D eigenvalue weighted by atomic mass is 10.2. The molecule has 1 aliphatic carbocycles. The Labute approximate surface area is 101 Å². The molecule has 0 aliphatic heterocycles. The van der Waals surface area contributed by atoms with Gasteiger partial charge >= 0.3 is 0 Å². The standard InChI is InChI=1S/C11H12Br2O/c12-7-11(5-6-11)8-14-10-3-1-9(13)2-4-10/h1-4H,5-8H2. The first-order valence-corrected chi connectivity index (χ1v) is 6.60. The molecule has 0 aromatic heterocycles. The molecule has 1 nitrogen and oxygen atoms in total. The van der Waals surface area contributed by atoms with Gasteiger partial charge in [0.25, 0.3) is 0 Å². The van der Waals surface area contributed by atoms with Gasteiger partial charge in [0.15, 0.2) is 0 Å². The molecular weight excluding hydrogens is 308 g/mol. The highest BCUT2D eigenvalue weighted by molar-refractivity contribution is 9.10. The van der Waals surface area contributed by atoms with Crippen LogP contribution in [0.5, 0.6) is 5.75 Å². The van der Waals surface area contributed by atoms with Crippen molar-refractivity contribution in [3.05, 3.63) is 28.7 Å². The van der Waals surface area contributed by atoms with Crippen molar-refractivity contribution in [3.63, 3.8) is 0 Å². The molecule has 1 fully saturated rings. The Hall–Kier alpha value is -0.0200. The maximum Gasteiger partial charge on any atom is 0.119 e. The molecule has 0 amide bonds. The van der Waals surface area contributed by atoms with E-state index in [0.717, 1.165) is 22.2 Å². The van der Waals surface area contributed by atoms with E-state index >= 15 is 0 Å². The Balaban J connectivity index is 1.89. The Morgan fingerprint density at radius 2 is 1.86 bits per heavy atom. The first-order chi connectivity index (χ1) is 6.74. The molecule has 0 radical (unpaired) electrons. The summed E-state index contributed by atoms with van der Waals surface area (Å²) >= 11 is 6.93. The third kappa shape index (κ3) is 2.51. The van der Waals surface area contributed by atoms with Crippen LogP contribution in [0.1, 0.15) is 12.8 Å². The molecule has 2 rings (SSSR count). The molecule has 76 valence electrons. The largest absolute Gasteiger partial charge is 0.493 e. The highest BCUT2D eigenvalue weighted by Crippen LogP contribution is 2.47. The van der Waals surface area contributed by atoms with E-state index in [0.29, 0.717) is 5.41 Å². The summed E-state index contributed by atoms with van der Waals surface area (Å²) in [4.78, 5) is 0. The molecule has 14 heavy (non-hydrogen) atoms. The fourth-order valence-electron chi connectivity index (χ4n) is 1.26. The zero-order valence-electron chi connectivity index (χ0n) is 7.80. The lowest BCUT2D eigenvalue weighted by Gasteiger charge is -2.12. The van der Waals surface area contributed by atoms with Crippen LogP contribution in [0.3, 0.4) is 0 Å². The molecule has 0 atom stereocenters. The van der Waals surface area contributed by atoms with E-state index < -0.39 is 0 Å². The summed E-state index contributed by atoms with van der Waals surface area (Å²) in [6, 6.07) is 7.99. The average Bonchev–Trinajstić information content (AvgIpc) is 2.98. The second-order valence-electron chi connectivity index (χ2n) is 3.88. The lowest BCUT2D eigenvalue weighted by Crippen LogP contribution is -2.14. The number of hydrogen-bond acceptors (Lipinski definition) is 1. The van der Waals surface area contributed by atoms with Crippen LogP contribution in [-0.4, -0.2) is 11.9 Å². The second kappa shape index (κ2) is 4.23. The third-order valence-electron chi connectivity index (χ3n) is 2.60. The van der Waals surface area contributed by atoms with Gasteiger partial charge in [-0.15, -0.1) is 0 Å². The van der Waals surface area contributed by atoms with Crippen LogP contribution in [0.2, 0.25) is 0 Å². The predicted octanol–water partition coefficient (Wildman–Crippen LogP) is 4.00. The van der Waals surface area contributed by atoms with Crippen molar-refractivity contribution in [1.82, 2.24) is 0 Å². The minimum Gasteiger partial charge on any atom is -0.493 e. The molecule has 0 unspecified atom stereocenters. The molecule has 3 heteroatoms. The topological polar surface area (TPSA) is 9.23 Å². The van der Waals surface area contributed by atoms with E-state index in [4.69, 9.17) is 4.74 Å². The monoisotopic (exact) mass is 318 g/mol. The van der Waals surface area contributed by atoms with Crippen LogP contribution in [0, 0.1) is 5.41 Å².